The zero-order valence-electron chi connectivity index (χ0n) is 27.3. The van der Waals surface area contributed by atoms with Gasteiger partial charge < -0.3 is 26.2 Å². The first-order valence-corrected chi connectivity index (χ1v) is 17.7. The van der Waals surface area contributed by atoms with E-state index >= 15 is 0 Å². The minimum Gasteiger partial charge on any atom is -0.443 e. The number of carbonyl (C=O) groups excluding carboxylic acids is 2. The summed E-state index contributed by atoms with van der Waals surface area (Å²) in [5.74, 6) is -0.632. The second-order valence-electron chi connectivity index (χ2n) is 12.4. The number of hydrogen-bond acceptors (Lipinski definition) is 9. The van der Waals surface area contributed by atoms with Crippen LogP contribution in [-0.4, -0.2) is 66.1 Å². The quantitative estimate of drug-likeness (QED) is 0.161. The number of hydrogen-bond donors (Lipinski definition) is 4. The Hall–Kier alpha value is -3.52. The van der Waals surface area contributed by atoms with Gasteiger partial charge in [-0.3, -0.25) is 4.79 Å². The van der Waals surface area contributed by atoms with E-state index in [2.05, 4.69) is 15.6 Å². The van der Waals surface area contributed by atoms with Crippen molar-refractivity contribution in [2.75, 3.05) is 18.8 Å². The first-order valence-electron chi connectivity index (χ1n) is 15.4. The van der Waals surface area contributed by atoms with E-state index in [1.54, 1.807) is 13.8 Å². The summed E-state index contributed by atoms with van der Waals surface area (Å²) < 4.78 is 33.9. The molecule has 0 saturated carbocycles. The standard InChI is InChI=1S/C33H47N5O6S2/c1-21(2)17-38(46(42,43)27-14-12-25(34)13-15-27)18-29(39)28(16-24-10-8-7-9-11-24)36-31(40)30(22(3)4)37-33(41)44-19-26-20-45-32(35-26)23(5)6/h7-15,20-23,28-30,39H,16-19,34H2,1-6H3,(H,36,40)(H,37,41)/t28-,29+,30-/m0/s1. The molecule has 2 amide bonds. The molecule has 0 spiro atoms. The molecule has 3 atom stereocenters. The summed E-state index contributed by atoms with van der Waals surface area (Å²) in [6.45, 7) is 11.2. The Balaban J connectivity index is 1.79. The highest BCUT2D eigenvalue weighted by atomic mass is 32.2. The number of thiazole rings is 1. The second-order valence-corrected chi connectivity index (χ2v) is 15.3. The molecule has 0 saturated heterocycles. The van der Waals surface area contributed by atoms with Crippen molar-refractivity contribution >= 4 is 39.0 Å². The van der Waals surface area contributed by atoms with E-state index in [4.69, 9.17) is 10.5 Å². The lowest BCUT2D eigenvalue weighted by Gasteiger charge is -2.32. The van der Waals surface area contributed by atoms with Crippen molar-refractivity contribution in [3.05, 3.63) is 76.2 Å². The van der Waals surface area contributed by atoms with Crippen molar-refractivity contribution < 1.29 is 27.9 Å². The fraction of sp³-hybridized carbons (Fsp3) is 0.485. The number of nitrogens with one attached hydrogen (secondary N) is 2. The topological polar surface area (TPSA) is 164 Å². The number of anilines is 1. The van der Waals surface area contributed by atoms with Gasteiger partial charge in [-0.2, -0.15) is 4.31 Å². The minimum atomic E-state index is -3.99. The normalized spacial score (nSPS) is 14.0. The number of aliphatic hydroxyl groups excluding tert-OH is 1. The van der Waals surface area contributed by atoms with E-state index in [9.17, 15) is 23.1 Å². The molecule has 252 valence electrons. The fourth-order valence-electron chi connectivity index (χ4n) is 4.72. The monoisotopic (exact) mass is 673 g/mol. The highest BCUT2D eigenvalue weighted by Crippen LogP contribution is 2.21. The number of nitrogens with two attached hydrogens (primary N) is 1. The molecule has 13 heteroatoms. The van der Waals surface area contributed by atoms with Crippen LogP contribution in [0.2, 0.25) is 0 Å². The maximum absolute atomic E-state index is 13.7. The van der Waals surface area contributed by atoms with Crippen molar-refractivity contribution in [2.45, 2.75) is 83.6 Å². The lowest BCUT2D eigenvalue weighted by molar-refractivity contribution is -0.125. The Morgan fingerprint density at radius 2 is 1.63 bits per heavy atom. The van der Waals surface area contributed by atoms with Gasteiger partial charge in [0.1, 0.15) is 12.6 Å². The number of nitrogens with zero attached hydrogens (tertiary/aromatic N) is 2. The summed E-state index contributed by atoms with van der Waals surface area (Å²) in [4.78, 5) is 30.9. The van der Waals surface area contributed by atoms with Crippen LogP contribution in [0.3, 0.4) is 0 Å². The van der Waals surface area contributed by atoms with Crippen molar-refractivity contribution in [1.82, 2.24) is 19.9 Å². The predicted molar refractivity (Wildman–Crippen MR) is 181 cm³/mol. The number of benzene rings is 2. The average molecular weight is 674 g/mol. The van der Waals surface area contributed by atoms with Crippen LogP contribution in [0.5, 0.6) is 0 Å². The van der Waals surface area contributed by atoms with Crippen LogP contribution in [0.4, 0.5) is 10.5 Å². The van der Waals surface area contributed by atoms with Gasteiger partial charge in [-0.25, -0.2) is 18.2 Å². The van der Waals surface area contributed by atoms with Crippen LogP contribution < -0.4 is 16.4 Å². The number of carbonyl (C=O) groups is 2. The highest BCUT2D eigenvalue weighted by Gasteiger charge is 2.33. The third-order valence-corrected chi connectivity index (χ3v) is 10.2. The van der Waals surface area contributed by atoms with Crippen LogP contribution in [0.1, 0.15) is 63.7 Å². The number of rotatable bonds is 16. The SMILES string of the molecule is CC(C)CN(C[C@@H](O)[C@H](Cc1ccccc1)NC(=O)[C@@H](NC(=O)OCc1csc(C(C)C)n1)C(C)C)S(=O)(=O)c1ccc(N)cc1. The van der Waals surface area contributed by atoms with Crippen LogP contribution in [0.15, 0.2) is 64.9 Å². The fourth-order valence-corrected chi connectivity index (χ4v) is 7.16. The first kappa shape index (κ1) is 36.9. The molecular formula is C33H47N5O6S2. The van der Waals surface area contributed by atoms with Gasteiger partial charge in [0.25, 0.3) is 0 Å². The molecule has 0 aliphatic heterocycles. The van der Waals surface area contributed by atoms with E-state index in [-0.39, 0.29) is 48.8 Å². The molecule has 1 aromatic heterocycles. The van der Waals surface area contributed by atoms with Gasteiger partial charge in [-0.15, -0.1) is 11.3 Å². The second kappa shape index (κ2) is 16.9. The number of sulfonamides is 1. The van der Waals surface area contributed by atoms with Crippen LogP contribution in [-0.2, 0) is 32.6 Å². The zero-order valence-corrected chi connectivity index (χ0v) is 29.0. The van der Waals surface area contributed by atoms with Gasteiger partial charge in [0.2, 0.25) is 15.9 Å². The number of ether oxygens (including phenoxy) is 1. The molecule has 2 aromatic carbocycles. The maximum atomic E-state index is 13.7. The summed E-state index contributed by atoms with van der Waals surface area (Å²) >= 11 is 1.49. The van der Waals surface area contributed by atoms with E-state index < -0.39 is 40.2 Å². The average Bonchev–Trinajstić information content (AvgIpc) is 3.48. The lowest BCUT2D eigenvalue weighted by Crippen LogP contribution is -2.57. The Bertz CT molecular complexity index is 1510. The smallest absolute Gasteiger partial charge is 0.408 e. The van der Waals surface area contributed by atoms with Gasteiger partial charge in [0.05, 0.1) is 27.7 Å². The molecule has 0 radical (unpaired) electrons. The Morgan fingerprint density at radius 1 is 0.978 bits per heavy atom. The number of aliphatic hydroxyl groups is 1. The molecule has 0 unspecified atom stereocenters. The lowest BCUT2D eigenvalue weighted by atomic mass is 9.98. The van der Waals surface area contributed by atoms with E-state index in [1.807, 2.05) is 63.4 Å². The summed E-state index contributed by atoms with van der Waals surface area (Å²) in [6, 6.07) is 13.3. The van der Waals surface area contributed by atoms with E-state index in [0.717, 1.165) is 10.6 Å². The van der Waals surface area contributed by atoms with Crippen LogP contribution in [0.25, 0.3) is 0 Å². The van der Waals surface area contributed by atoms with Crippen molar-refractivity contribution in [1.29, 1.82) is 0 Å². The number of amides is 2. The highest BCUT2D eigenvalue weighted by molar-refractivity contribution is 7.89. The number of aromatic nitrogens is 1. The first-order chi connectivity index (χ1) is 21.7. The molecule has 0 bridgehead atoms. The molecule has 46 heavy (non-hydrogen) atoms. The van der Waals surface area contributed by atoms with Crippen molar-refractivity contribution in [2.24, 2.45) is 11.8 Å². The predicted octanol–water partition coefficient (Wildman–Crippen LogP) is 4.53. The van der Waals surface area contributed by atoms with Crippen molar-refractivity contribution in [3.8, 4) is 0 Å². The molecule has 11 nitrogen and oxygen atoms in total. The molecule has 5 N–H and O–H groups in total. The largest absolute Gasteiger partial charge is 0.443 e. The molecule has 0 fully saturated rings. The molecule has 3 rings (SSSR count). The molecule has 1 heterocycles. The summed E-state index contributed by atoms with van der Waals surface area (Å²) in [5, 5.41) is 19.9. The van der Waals surface area contributed by atoms with E-state index in [0.29, 0.717) is 11.4 Å². The number of alkyl carbamates (subject to hydrolysis) is 1. The molecule has 3 aromatic rings. The van der Waals surface area contributed by atoms with Gasteiger partial charge in [-0.1, -0.05) is 71.9 Å². The van der Waals surface area contributed by atoms with Crippen LogP contribution in [0, 0.1) is 11.8 Å². The Morgan fingerprint density at radius 3 is 2.20 bits per heavy atom. The number of nitrogen functional groups attached to an aromatic ring is 1. The van der Waals surface area contributed by atoms with Gasteiger partial charge >= 0.3 is 6.09 Å². The maximum Gasteiger partial charge on any atom is 0.408 e. The summed E-state index contributed by atoms with van der Waals surface area (Å²) in [7, 11) is -3.99. The molecule has 0 aliphatic carbocycles. The molecular weight excluding hydrogens is 627 g/mol. The summed E-state index contributed by atoms with van der Waals surface area (Å²) in [5.41, 5.74) is 7.66. The van der Waals surface area contributed by atoms with Gasteiger partial charge in [-0.05, 0) is 48.1 Å². The van der Waals surface area contributed by atoms with Crippen molar-refractivity contribution in [3.63, 3.8) is 0 Å². The zero-order chi connectivity index (χ0) is 34.0. The van der Waals surface area contributed by atoms with Crippen LogP contribution >= 0.6 is 11.3 Å². The Labute approximate surface area is 276 Å². The Kier molecular flexibility index (Phi) is 13.5. The molecule has 0 aliphatic rings. The van der Waals surface area contributed by atoms with Gasteiger partial charge in [0, 0.05) is 30.1 Å². The van der Waals surface area contributed by atoms with E-state index in [1.165, 1.54) is 39.9 Å². The van der Waals surface area contributed by atoms with Gasteiger partial charge in [0.15, 0.2) is 0 Å². The minimum absolute atomic E-state index is 0.0367. The summed E-state index contributed by atoms with van der Waals surface area (Å²) in [6.07, 6.45) is -1.83. The third kappa shape index (κ3) is 10.8. The third-order valence-electron chi connectivity index (χ3n) is 7.20.